The molecule has 0 saturated heterocycles. The number of hydrogen-bond donors (Lipinski definition) is 2. The molecule has 1 heterocycles. The van der Waals surface area contributed by atoms with Gasteiger partial charge in [-0.15, -0.1) is 0 Å². The van der Waals surface area contributed by atoms with E-state index in [4.69, 9.17) is 0 Å². The van der Waals surface area contributed by atoms with Crippen LogP contribution in [0, 0.1) is 0 Å². The molecule has 2 aromatic rings. The molecule has 1 aromatic carbocycles. The number of esters is 1. The predicted octanol–water partition coefficient (Wildman–Crippen LogP) is 3.57. The maximum absolute atomic E-state index is 12.6. The zero-order chi connectivity index (χ0) is 20.6. The van der Waals surface area contributed by atoms with Crippen molar-refractivity contribution in [2.75, 3.05) is 12.4 Å². The summed E-state index contributed by atoms with van der Waals surface area (Å²) in [5.74, 6) is -1.14. The average Bonchev–Trinajstić information content (AvgIpc) is 3.02. The van der Waals surface area contributed by atoms with Gasteiger partial charge in [-0.2, -0.15) is 0 Å². The van der Waals surface area contributed by atoms with Gasteiger partial charge in [0.15, 0.2) is 0 Å². The molecule has 1 aliphatic rings. The normalized spacial score (nSPS) is 14.5. The van der Waals surface area contributed by atoms with Crippen LogP contribution in [-0.4, -0.2) is 35.9 Å². The Morgan fingerprint density at radius 3 is 2.45 bits per heavy atom. The highest BCUT2D eigenvalue weighted by molar-refractivity contribution is 6.06. The van der Waals surface area contributed by atoms with E-state index in [1.165, 1.54) is 38.3 Å². The molecular formula is C22H25N3O4. The number of hydrogen-bond acceptors (Lipinski definition) is 5. The summed E-state index contributed by atoms with van der Waals surface area (Å²) in [6.45, 7) is 0. The summed E-state index contributed by atoms with van der Waals surface area (Å²) < 4.78 is 4.69. The van der Waals surface area contributed by atoms with E-state index in [0.29, 0.717) is 16.8 Å². The number of carbonyl (C=O) groups excluding carboxylic acids is 3. The number of anilines is 1. The molecular weight excluding hydrogens is 370 g/mol. The van der Waals surface area contributed by atoms with Gasteiger partial charge >= 0.3 is 5.97 Å². The fourth-order valence-electron chi connectivity index (χ4n) is 3.42. The highest BCUT2D eigenvalue weighted by atomic mass is 16.5. The molecule has 3 rings (SSSR count). The third-order valence-electron chi connectivity index (χ3n) is 4.99. The quantitative estimate of drug-likeness (QED) is 0.596. The molecule has 0 aliphatic heterocycles. The van der Waals surface area contributed by atoms with Gasteiger partial charge in [-0.25, -0.2) is 4.79 Å². The Bertz CT molecular complexity index is 889. The first-order chi connectivity index (χ1) is 14.1. The van der Waals surface area contributed by atoms with Crippen LogP contribution in [0.1, 0.15) is 69.7 Å². The lowest BCUT2D eigenvalue weighted by Crippen LogP contribution is -2.35. The molecule has 2 N–H and O–H groups in total. The summed E-state index contributed by atoms with van der Waals surface area (Å²) in [7, 11) is 1.30. The number of pyridine rings is 1. The number of aromatic nitrogens is 1. The Hall–Kier alpha value is -3.22. The molecule has 1 saturated carbocycles. The van der Waals surface area contributed by atoms with Gasteiger partial charge in [0, 0.05) is 23.5 Å². The summed E-state index contributed by atoms with van der Waals surface area (Å²) in [6, 6.07) is 9.64. The molecule has 1 aromatic heterocycles. The number of benzene rings is 1. The smallest absolute Gasteiger partial charge is 0.337 e. The summed E-state index contributed by atoms with van der Waals surface area (Å²) in [4.78, 5) is 40.9. The van der Waals surface area contributed by atoms with E-state index >= 15 is 0 Å². The standard InChI is InChI=1S/C22H25N3O4/c1-29-22(28)16-7-6-10-18(13-16)25-20(26)15-11-12-23-19(14-15)21(27)24-17-8-4-2-3-5-9-17/h6-7,10-14,17H,2-5,8-9H2,1H3,(H,24,27)(H,25,26). The Morgan fingerprint density at radius 1 is 0.966 bits per heavy atom. The molecule has 29 heavy (non-hydrogen) atoms. The first-order valence-electron chi connectivity index (χ1n) is 9.83. The van der Waals surface area contributed by atoms with Crippen LogP contribution in [-0.2, 0) is 4.74 Å². The number of nitrogens with zero attached hydrogens (tertiary/aromatic N) is 1. The van der Waals surface area contributed by atoms with Crippen LogP contribution in [0.15, 0.2) is 42.6 Å². The minimum atomic E-state index is -0.484. The Balaban J connectivity index is 1.67. The lowest BCUT2D eigenvalue weighted by atomic mass is 10.1. The summed E-state index contributed by atoms with van der Waals surface area (Å²) in [6.07, 6.45) is 8.04. The molecule has 0 radical (unpaired) electrons. The minimum Gasteiger partial charge on any atom is -0.465 e. The number of methoxy groups -OCH3 is 1. The molecule has 0 unspecified atom stereocenters. The fourth-order valence-corrected chi connectivity index (χ4v) is 3.42. The Kier molecular flexibility index (Phi) is 6.94. The monoisotopic (exact) mass is 395 g/mol. The van der Waals surface area contributed by atoms with Gasteiger partial charge in [0.05, 0.1) is 12.7 Å². The van der Waals surface area contributed by atoms with E-state index in [1.807, 2.05) is 0 Å². The number of amides is 2. The van der Waals surface area contributed by atoms with Gasteiger partial charge in [-0.3, -0.25) is 14.6 Å². The van der Waals surface area contributed by atoms with Crippen molar-refractivity contribution in [3.63, 3.8) is 0 Å². The van der Waals surface area contributed by atoms with E-state index in [-0.39, 0.29) is 17.6 Å². The first-order valence-corrected chi connectivity index (χ1v) is 9.83. The van der Waals surface area contributed by atoms with Crippen molar-refractivity contribution in [3.05, 3.63) is 59.4 Å². The molecule has 0 bridgehead atoms. The van der Waals surface area contributed by atoms with Gasteiger partial charge in [-0.05, 0) is 43.2 Å². The van der Waals surface area contributed by atoms with Crippen LogP contribution >= 0.6 is 0 Å². The lowest BCUT2D eigenvalue weighted by Gasteiger charge is -2.16. The number of carbonyl (C=O) groups is 3. The second-order valence-corrected chi connectivity index (χ2v) is 7.12. The zero-order valence-electron chi connectivity index (χ0n) is 16.4. The van der Waals surface area contributed by atoms with Gasteiger partial charge < -0.3 is 15.4 Å². The molecule has 7 heteroatoms. The average molecular weight is 395 g/mol. The first kappa shape index (κ1) is 20.5. The highest BCUT2D eigenvalue weighted by Gasteiger charge is 2.18. The van der Waals surface area contributed by atoms with Crippen molar-refractivity contribution in [2.45, 2.75) is 44.6 Å². The zero-order valence-corrected chi connectivity index (χ0v) is 16.4. The van der Waals surface area contributed by atoms with Crippen LogP contribution in [0.25, 0.3) is 0 Å². The van der Waals surface area contributed by atoms with Gasteiger partial charge in [0.25, 0.3) is 11.8 Å². The fraction of sp³-hybridized carbons (Fsp3) is 0.364. The summed E-state index contributed by atoms with van der Waals surface area (Å²) in [5.41, 5.74) is 1.32. The van der Waals surface area contributed by atoms with E-state index in [1.54, 1.807) is 24.3 Å². The van der Waals surface area contributed by atoms with Crippen molar-refractivity contribution < 1.29 is 19.1 Å². The van der Waals surface area contributed by atoms with Crippen molar-refractivity contribution >= 4 is 23.5 Å². The summed E-state index contributed by atoms with van der Waals surface area (Å²) >= 11 is 0. The van der Waals surface area contributed by atoms with E-state index < -0.39 is 11.9 Å². The topological polar surface area (TPSA) is 97.4 Å². The van der Waals surface area contributed by atoms with Crippen molar-refractivity contribution in [1.82, 2.24) is 10.3 Å². The Labute approximate surface area is 169 Å². The van der Waals surface area contributed by atoms with Crippen molar-refractivity contribution in [2.24, 2.45) is 0 Å². The van der Waals surface area contributed by atoms with Gasteiger partial charge in [0.1, 0.15) is 5.69 Å². The summed E-state index contributed by atoms with van der Waals surface area (Å²) in [5, 5.41) is 5.76. The van der Waals surface area contributed by atoms with Crippen molar-refractivity contribution in [3.8, 4) is 0 Å². The van der Waals surface area contributed by atoms with Crippen LogP contribution in [0.3, 0.4) is 0 Å². The number of rotatable bonds is 5. The SMILES string of the molecule is COC(=O)c1cccc(NC(=O)c2ccnc(C(=O)NC3CCCCCC3)c2)c1. The maximum atomic E-state index is 12.6. The van der Waals surface area contributed by atoms with Crippen LogP contribution < -0.4 is 10.6 Å². The van der Waals surface area contributed by atoms with Crippen molar-refractivity contribution in [1.29, 1.82) is 0 Å². The molecule has 0 spiro atoms. The largest absolute Gasteiger partial charge is 0.465 e. The van der Waals surface area contributed by atoms with Crippen LogP contribution in [0.2, 0.25) is 0 Å². The molecule has 1 fully saturated rings. The highest BCUT2D eigenvalue weighted by Crippen LogP contribution is 2.18. The molecule has 1 aliphatic carbocycles. The molecule has 7 nitrogen and oxygen atoms in total. The number of nitrogens with one attached hydrogen (secondary N) is 2. The second kappa shape index (κ2) is 9.82. The minimum absolute atomic E-state index is 0.158. The van der Waals surface area contributed by atoms with E-state index in [0.717, 1.165) is 25.7 Å². The molecule has 152 valence electrons. The van der Waals surface area contributed by atoms with E-state index in [9.17, 15) is 14.4 Å². The molecule has 0 atom stereocenters. The second-order valence-electron chi connectivity index (χ2n) is 7.12. The van der Waals surface area contributed by atoms with Gasteiger partial charge in [-0.1, -0.05) is 31.7 Å². The maximum Gasteiger partial charge on any atom is 0.337 e. The molecule has 2 amide bonds. The Morgan fingerprint density at radius 2 is 1.72 bits per heavy atom. The number of ether oxygens (including phenoxy) is 1. The predicted molar refractivity (Wildman–Crippen MR) is 109 cm³/mol. The van der Waals surface area contributed by atoms with Crippen LogP contribution in [0.5, 0.6) is 0 Å². The van der Waals surface area contributed by atoms with E-state index in [2.05, 4.69) is 20.4 Å². The van der Waals surface area contributed by atoms with Crippen LogP contribution in [0.4, 0.5) is 5.69 Å². The third kappa shape index (κ3) is 5.63. The third-order valence-corrected chi connectivity index (χ3v) is 4.99. The van der Waals surface area contributed by atoms with Gasteiger partial charge in [0.2, 0.25) is 0 Å². The lowest BCUT2D eigenvalue weighted by molar-refractivity contribution is 0.0600.